The van der Waals surface area contributed by atoms with Crippen molar-refractivity contribution in [1.29, 1.82) is 0 Å². The van der Waals surface area contributed by atoms with Crippen molar-refractivity contribution in [2.45, 2.75) is 45.3 Å². The lowest BCUT2D eigenvalue weighted by molar-refractivity contribution is 0.596. The van der Waals surface area contributed by atoms with Crippen molar-refractivity contribution in [2.75, 3.05) is 6.54 Å². The van der Waals surface area contributed by atoms with E-state index >= 15 is 0 Å². The van der Waals surface area contributed by atoms with E-state index in [1.54, 1.807) is 0 Å². The van der Waals surface area contributed by atoms with Gasteiger partial charge in [0.15, 0.2) is 0 Å². The van der Waals surface area contributed by atoms with Gasteiger partial charge in [0, 0.05) is 12.6 Å². The first-order valence-electron chi connectivity index (χ1n) is 6.97. The highest BCUT2D eigenvalue weighted by Gasteiger charge is 2.25. The first-order chi connectivity index (χ1) is 9.36. The molecule has 2 heterocycles. The Morgan fingerprint density at radius 3 is 3.11 bits per heavy atom. The van der Waals surface area contributed by atoms with Gasteiger partial charge in [-0.05, 0) is 25.8 Å². The lowest BCUT2D eigenvalue weighted by atomic mass is 10.4. The summed E-state index contributed by atoms with van der Waals surface area (Å²) < 4.78 is 4.15. The molecule has 1 aliphatic rings. The van der Waals surface area contributed by atoms with Crippen molar-refractivity contribution >= 4 is 0 Å². The zero-order valence-corrected chi connectivity index (χ0v) is 11.3. The maximum absolute atomic E-state index is 4.24. The smallest absolute Gasteiger partial charge is 0.0964 e. The quantitative estimate of drug-likeness (QED) is 0.764. The molecule has 0 spiro atoms. The molecule has 1 aliphatic carbocycles. The second-order valence-corrected chi connectivity index (χ2v) is 5.11. The van der Waals surface area contributed by atoms with Crippen molar-refractivity contribution in [3.05, 3.63) is 30.1 Å². The molecule has 0 bridgehead atoms. The minimum Gasteiger partial charge on any atom is -0.330 e. The molecule has 0 unspecified atom stereocenters. The van der Waals surface area contributed by atoms with Crippen molar-refractivity contribution in [1.82, 2.24) is 29.9 Å². The molecule has 0 radical (unpaired) electrons. The van der Waals surface area contributed by atoms with Crippen LogP contribution in [-0.4, -0.2) is 31.1 Å². The van der Waals surface area contributed by atoms with E-state index in [9.17, 15) is 0 Å². The predicted octanol–water partition coefficient (Wildman–Crippen LogP) is 1.36. The summed E-state index contributed by atoms with van der Waals surface area (Å²) in [6, 6.07) is 0.659. The average Bonchev–Trinajstić information content (AvgIpc) is 2.99. The van der Waals surface area contributed by atoms with Crippen molar-refractivity contribution in [3.63, 3.8) is 0 Å². The number of hydrogen-bond acceptors (Lipinski definition) is 4. The summed E-state index contributed by atoms with van der Waals surface area (Å²) >= 11 is 0. The molecule has 1 fully saturated rings. The fourth-order valence-corrected chi connectivity index (χ4v) is 2.19. The Morgan fingerprint density at radius 1 is 1.42 bits per heavy atom. The molecule has 6 nitrogen and oxygen atoms in total. The third-order valence-electron chi connectivity index (χ3n) is 3.33. The molecule has 1 saturated carbocycles. The molecule has 0 saturated heterocycles. The van der Waals surface area contributed by atoms with E-state index in [1.165, 1.54) is 18.5 Å². The van der Waals surface area contributed by atoms with Gasteiger partial charge in [-0.3, -0.25) is 0 Å². The molecule has 0 aliphatic heterocycles. The minimum atomic E-state index is 0.659. The van der Waals surface area contributed by atoms with Gasteiger partial charge in [-0.25, -0.2) is 9.67 Å². The first-order valence-corrected chi connectivity index (χ1v) is 6.97. The molecule has 1 N–H and O–H groups in total. The van der Waals surface area contributed by atoms with Crippen LogP contribution in [0.5, 0.6) is 0 Å². The number of aromatic nitrogens is 5. The fraction of sp³-hybridized carbons (Fsp3) is 0.615. The van der Waals surface area contributed by atoms with Gasteiger partial charge in [0.1, 0.15) is 0 Å². The standard InChI is InChI=1S/C13H20N6/c1-2-5-14-6-11-8-18(17-16-11)9-13-7-15-10-19(13)12-3-4-12/h7-8,10,12,14H,2-6,9H2,1H3. The summed E-state index contributed by atoms with van der Waals surface area (Å²) in [7, 11) is 0. The molecule has 2 aromatic rings. The van der Waals surface area contributed by atoms with Crippen LogP contribution in [0, 0.1) is 0 Å². The van der Waals surface area contributed by atoms with Crippen LogP contribution in [0.2, 0.25) is 0 Å². The number of rotatable bonds is 7. The van der Waals surface area contributed by atoms with Crippen molar-refractivity contribution in [2.24, 2.45) is 0 Å². The molecule has 19 heavy (non-hydrogen) atoms. The molecule has 0 amide bonds. The van der Waals surface area contributed by atoms with Crippen LogP contribution >= 0.6 is 0 Å². The topological polar surface area (TPSA) is 60.6 Å². The van der Waals surface area contributed by atoms with Crippen LogP contribution in [-0.2, 0) is 13.1 Å². The molecule has 0 atom stereocenters. The Labute approximate surface area is 112 Å². The summed E-state index contributed by atoms with van der Waals surface area (Å²) in [5.74, 6) is 0. The van der Waals surface area contributed by atoms with Crippen LogP contribution in [0.3, 0.4) is 0 Å². The Balaban J connectivity index is 1.61. The second-order valence-electron chi connectivity index (χ2n) is 5.11. The summed E-state index contributed by atoms with van der Waals surface area (Å²) in [6.45, 7) is 4.71. The minimum absolute atomic E-state index is 0.659. The maximum Gasteiger partial charge on any atom is 0.0964 e. The molecule has 2 aromatic heterocycles. The van der Waals surface area contributed by atoms with E-state index in [0.717, 1.165) is 31.7 Å². The molecule has 102 valence electrons. The van der Waals surface area contributed by atoms with Gasteiger partial charge in [0.2, 0.25) is 0 Å². The van der Waals surface area contributed by atoms with Gasteiger partial charge < -0.3 is 9.88 Å². The van der Waals surface area contributed by atoms with Gasteiger partial charge in [-0.15, -0.1) is 5.10 Å². The number of hydrogen-bond donors (Lipinski definition) is 1. The number of imidazole rings is 1. The average molecular weight is 260 g/mol. The van der Waals surface area contributed by atoms with Gasteiger partial charge >= 0.3 is 0 Å². The summed E-state index contributed by atoms with van der Waals surface area (Å²) in [4.78, 5) is 4.24. The highest BCUT2D eigenvalue weighted by molar-refractivity contribution is 5.04. The molecule has 0 aromatic carbocycles. The Hall–Kier alpha value is -1.69. The highest BCUT2D eigenvalue weighted by Crippen LogP contribution is 2.35. The van der Waals surface area contributed by atoms with E-state index in [1.807, 2.05) is 23.4 Å². The zero-order chi connectivity index (χ0) is 13.1. The largest absolute Gasteiger partial charge is 0.330 e. The predicted molar refractivity (Wildman–Crippen MR) is 71.6 cm³/mol. The molecular weight excluding hydrogens is 240 g/mol. The normalized spacial score (nSPS) is 15.0. The van der Waals surface area contributed by atoms with E-state index < -0.39 is 0 Å². The van der Waals surface area contributed by atoms with Crippen LogP contribution < -0.4 is 5.32 Å². The van der Waals surface area contributed by atoms with E-state index in [2.05, 4.69) is 32.1 Å². The Morgan fingerprint density at radius 2 is 2.32 bits per heavy atom. The first kappa shape index (κ1) is 12.3. The van der Waals surface area contributed by atoms with E-state index in [-0.39, 0.29) is 0 Å². The van der Waals surface area contributed by atoms with Gasteiger partial charge in [0.25, 0.3) is 0 Å². The third-order valence-corrected chi connectivity index (χ3v) is 3.33. The lowest BCUT2D eigenvalue weighted by Gasteiger charge is -2.05. The summed E-state index contributed by atoms with van der Waals surface area (Å²) in [5, 5.41) is 11.7. The maximum atomic E-state index is 4.24. The second kappa shape index (κ2) is 5.52. The van der Waals surface area contributed by atoms with Gasteiger partial charge in [-0.1, -0.05) is 12.1 Å². The lowest BCUT2D eigenvalue weighted by Crippen LogP contribution is -2.13. The SMILES string of the molecule is CCCNCc1cn(Cc2cncn2C2CC2)nn1. The monoisotopic (exact) mass is 260 g/mol. The van der Waals surface area contributed by atoms with E-state index in [4.69, 9.17) is 0 Å². The van der Waals surface area contributed by atoms with Gasteiger partial charge in [0.05, 0.1) is 36.7 Å². The zero-order valence-electron chi connectivity index (χ0n) is 11.3. The fourth-order valence-electron chi connectivity index (χ4n) is 2.19. The number of nitrogens with zero attached hydrogens (tertiary/aromatic N) is 5. The van der Waals surface area contributed by atoms with Crippen molar-refractivity contribution in [3.8, 4) is 0 Å². The molecule has 3 rings (SSSR count). The molecule has 6 heteroatoms. The van der Waals surface area contributed by atoms with E-state index in [0.29, 0.717) is 6.04 Å². The number of nitrogens with one attached hydrogen (secondary N) is 1. The van der Waals surface area contributed by atoms with Crippen LogP contribution in [0.25, 0.3) is 0 Å². The van der Waals surface area contributed by atoms with Crippen LogP contribution in [0.1, 0.15) is 43.6 Å². The summed E-state index contributed by atoms with van der Waals surface area (Å²) in [5.41, 5.74) is 2.20. The highest BCUT2D eigenvalue weighted by atomic mass is 15.4. The Kier molecular flexibility index (Phi) is 3.59. The van der Waals surface area contributed by atoms with Crippen molar-refractivity contribution < 1.29 is 0 Å². The molecular formula is C13H20N6. The Bertz CT molecular complexity index is 525. The van der Waals surface area contributed by atoms with Crippen LogP contribution in [0.15, 0.2) is 18.7 Å². The van der Waals surface area contributed by atoms with Crippen LogP contribution in [0.4, 0.5) is 0 Å². The summed E-state index contributed by atoms with van der Waals surface area (Å²) in [6.07, 6.45) is 9.53. The third kappa shape index (κ3) is 3.01. The van der Waals surface area contributed by atoms with Gasteiger partial charge in [-0.2, -0.15) is 0 Å².